The van der Waals surface area contributed by atoms with E-state index in [1.165, 1.54) is 0 Å². The van der Waals surface area contributed by atoms with E-state index in [2.05, 4.69) is 6.58 Å². The summed E-state index contributed by atoms with van der Waals surface area (Å²) in [5, 5.41) is 21.5. The van der Waals surface area contributed by atoms with Crippen molar-refractivity contribution < 1.29 is 19.5 Å². The van der Waals surface area contributed by atoms with E-state index in [1.54, 1.807) is 0 Å². The number of hydrogen-bond donors (Lipinski definition) is 3. The van der Waals surface area contributed by atoms with Gasteiger partial charge in [-0.1, -0.05) is 6.58 Å². The van der Waals surface area contributed by atoms with Crippen LogP contribution in [0, 0.1) is 0 Å². The molecule has 0 rings (SSSR count). The maximum absolute atomic E-state index is 10.1. The van der Waals surface area contributed by atoms with E-state index in [0.717, 1.165) is 0 Å². The minimum Gasteiger partial charge on any atom is -0.402 e. The highest BCUT2D eigenvalue weighted by Crippen LogP contribution is 1.48. The molecule has 0 amide bonds. The van der Waals surface area contributed by atoms with E-state index < -0.39 is 7.32 Å². The quantitative estimate of drug-likeness (QED) is 0.350. The van der Waals surface area contributed by atoms with Crippen LogP contribution in [0.15, 0.2) is 12.9 Å². The Morgan fingerprint density at radius 1 is 1.43 bits per heavy atom. The van der Waals surface area contributed by atoms with Crippen LogP contribution >= 0.6 is 0 Å². The molecule has 5 heteroatoms. The molecule has 0 aromatic rings. The number of hydrogen-bond acceptors (Lipinski definition) is 3. The van der Waals surface area contributed by atoms with E-state index in [0.29, 0.717) is 0 Å². The summed E-state index contributed by atoms with van der Waals surface area (Å²) in [5.41, 5.74) is 0. The van der Waals surface area contributed by atoms with Crippen molar-refractivity contribution in [2.75, 3.05) is 0 Å². The fraction of sp³-hybridized carbons (Fsp3) is 0. The zero-order chi connectivity index (χ0) is 6.28. The summed E-state index contributed by atoms with van der Waals surface area (Å²) >= 11 is 0. The fourth-order valence-corrected chi connectivity index (χ4v) is 0. The molecule has 0 heterocycles. The van der Waals surface area contributed by atoms with Crippen LogP contribution in [0.2, 0.25) is 0 Å². The first-order valence-electron chi connectivity index (χ1n) is 1.40. The molecule has 3 N–H and O–H groups in total. The van der Waals surface area contributed by atoms with Crippen molar-refractivity contribution in [3.05, 3.63) is 12.9 Å². The second-order valence-corrected chi connectivity index (χ2v) is 0.501. The van der Waals surface area contributed by atoms with Crippen molar-refractivity contribution in [2.45, 2.75) is 0 Å². The Morgan fingerprint density at radius 3 is 1.43 bits per heavy atom. The van der Waals surface area contributed by atoms with E-state index in [9.17, 15) is 4.39 Å². The molecule has 0 aliphatic heterocycles. The van der Waals surface area contributed by atoms with Crippen LogP contribution in [0.1, 0.15) is 0 Å². The summed E-state index contributed by atoms with van der Waals surface area (Å²) in [6.07, 6.45) is 0.250. The first-order valence-corrected chi connectivity index (χ1v) is 1.40. The lowest BCUT2D eigenvalue weighted by Gasteiger charge is -1.69. The molecule has 0 aliphatic carbocycles. The summed E-state index contributed by atoms with van der Waals surface area (Å²) in [4.78, 5) is 0. The highest BCUT2D eigenvalue weighted by atomic mass is 19.1. The third-order valence-electron chi connectivity index (χ3n) is 0. The summed E-state index contributed by atoms with van der Waals surface area (Å²) < 4.78 is 10.1. The monoisotopic (exact) mass is 108 g/mol. The maximum Gasteiger partial charge on any atom is 0.631 e. The van der Waals surface area contributed by atoms with Crippen molar-refractivity contribution in [1.82, 2.24) is 0 Å². The zero-order valence-electron chi connectivity index (χ0n) is 3.58. The minimum absolute atomic E-state index is 0.250. The third kappa shape index (κ3) is 495. The Hall–Kier alpha value is -0.385. The molecule has 3 nitrogen and oxygen atoms in total. The Morgan fingerprint density at radius 2 is 1.43 bits per heavy atom. The van der Waals surface area contributed by atoms with Gasteiger partial charge in [0.25, 0.3) is 0 Å². The van der Waals surface area contributed by atoms with Crippen molar-refractivity contribution in [2.24, 2.45) is 0 Å². The van der Waals surface area contributed by atoms with Gasteiger partial charge in [-0.2, -0.15) is 0 Å². The summed E-state index contributed by atoms with van der Waals surface area (Å²) in [6, 6.07) is 0. The van der Waals surface area contributed by atoms with E-state index in [1.807, 2.05) is 0 Å². The smallest absolute Gasteiger partial charge is 0.402 e. The van der Waals surface area contributed by atoms with Gasteiger partial charge in [0.05, 0.1) is 6.33 Å². The SMILES string of the molecule is C=CF.OB(O)O. The standard InChI is InChI=1S/C2H3F.BH3O3/c1-2-3;2-1(3)4/h2H,1H2;2-4H. The molecule has 0 spiro atoms. The third-order valence-corrected chi connectivity index (χ3v) is 0. The molecule has 42 valence electrons. The van der Waals surface area contributed by atoms with Crippen molar-refractivity contribution >= 4 is 7.32 Å². The van der Waals surface area contributed by atoms with Crippen LogP contribution in [-0.2, 0) is 0 Å². The second-order valence-electron chi connectivity index (χ2n) is 0.501. The van der Waals surface area contributed by atoms with Gasteiger partial charge in [0.2, 0.25) is 0 Å². The number of rotatable bonds is 0. The van der Waals surface area contributed by atoms with Crippen LogP contribution in [0.4, 0.5) is 4.39 Å². The average Bonchev–Trinajstić information content (AvgIpc) is 1.33. The molecule has 0 fully saturated rings. The van der Waals surface area contributed by atoms with Gasteiger partial charge in [0, 0.05) is 0 Å². The van der Waals surface area contributed by atoms with E-state index >= 15 is 0 Å². The van der Waals surface area contributed by atoms with Crippen molar-refractivity contribution in [3.8, 4) is 0 Å². The lowest BCUT2D eigenvalue weighted by atomic mass is 10.3. The highest BCUT2D eigenvalue weighted by Gasteiger charge is 1.92. The second kappa shape index (κ2) is 9.15. The predicted molar refractivity (Wildman–Crippen MR) is 23.7 cm³/mol. The van der Waals surface area contributed by atoms with Gasteiger partial charge in [-0.15, -0.1) is 0 Å². The Labute approximate surface area is 40.9 Å². The minimum atomic E-state index is -2.17. The molecule has 0 unspecified atom stereocenters. The Kier molecular flexibility index (Phi) is 12.8. The topological polar surface area (TPSA) is 60.7 Å². The van der Waals surface area contributed by atoms with Gasteiger partial charge in [-0.05, 0) is 0 Å². The predicted octanol–water partition coefficient (Wildman–Crippen LogP) is -0.952. The first kappa shape index (κ1) is 9.79. The van der Waals surface area contributed by atoms with Gasteiger partial charge < -0.3 is 15.1 Å². The lowest BCUT2D eigenvalue weighted by molar-refractivity contribution is 0.278. The van der Waals surface area contributed by atoms with Crippen LogP contribution in [0.5, 0.6) is 0 Å². The van der Waals surface area contributed by atoms with E-state index in [-0.39, 0.29) is 6.33 Å². The van der Waals surface area contributed by atoms with Gasteiger partial charge in [0.1, 0.15) is 0 Å². The summed E-state index contributed by atoms with van der Waals surface area (Å²) in [7, 11) is -2.17. The van der Waals surface area contributed by atoms with Gasteiger partial charge in [-0.25, -0.2) is 4.39 Å². The molecule has 0 atom stereocenters. The van der Waals surface area contributed by atoms with Gasteiger partial charge in [-0.3, -0.25) is 0 Å². The van der Waals surface area contributed by atoms with Crippen molar-refractivity contribution in [3.63, 3.8) is 0 Å². The molecule has 0 saturated carbocycles. The molecular weight excluding hydrogens is 102 g/mol. The highest BCUT2D eigenvalue weighted by molar-refractivity contribution is 6.30. The van der Waals surface area contributed by atoms with Gasteiger partial charge in [0.15, 0.2) is 0 Å². The molecular formula is C2H6BFO3. The van der Waals surface area contributed by atoms with Crippen LogP contribution in [-0.4, -0.2) is 22.4 Å². The molecule has 0 aromatic carbocycles. The first-order chi connectivity index (χ1) is 3.15. The van der Waals surface area contributed by atoms with Gasteiger partial charge >= 0.3 is 7.32 Å². The lowest BCUT2D eigenvalue weighted by Crippen LogP contribution is -2.07. The molecule has 0 bridgehead atoms. The maximum atomic E-state index is 10.1. The zero-order valence-corrected chi connectivity index (χ0v) is 3.58. The molecule has 0 aliphatic rings. The largest absolute Gasteiger partial charge is 0.631 e. The molecule has 0 aromatic heterocycles. The van der Waals surface area contributed by atoms with Crippen LogP contribution in [0.25, 0.3) is 0 Å². The Bertz CT molecular complexity index is 37.2. The fourth-order valence-electron chi connectivity index (χ4n) is 0. The Balaban J connectivity index is 0. The number of halogens is 1. The van der Waals surface area contributed by atoms with Crippen molar-refractivity contribution in [1.29, 1.82) is 0 Å². The van der Waals surface area contributed by atoms with Crippen LogP contribution < -0.4 is 0 Å². The molecule has 7 heavy (non-hydrogen) atoms. The van der Waals surface area contributed by atoms with Crippen LogP contribution in [0.3, 0.4) is 0 Å². The summed E-state index contributed by atoms with van der Waals surface area (Å²) in [5.74, 6) is 0. The normalized spacial score (nSPS) is 5.71. The van der Waals surface area contributed by atoms with E-state index in [4.69, 9.17) is 15.1 Å². The molecule has 0 radical (unpaired) electrons. The average molecular weight is 108 g/mol. The molecule has 0 saturated heterocycles. The summed E-state index contributed by atoms with van der Waals surface area (Å²) in [6.45, 7) is 2.69.